The zero-order valence-corrected chi connectivity index (χ0v) is 12.2. The fraction of sp³-hybridized carbons (Fsp3) is 0.588. The van der Waals surface area contributed by atoms with Crippen molar-refractivity contribution in [3.8, 4) is 0 Å². The molecule has 0 saturated heterocycles. The first-order valence-electron chi connectivity index (χ1n) is 7.75. The first kappa shape index (κ1) is 13.5. The highest BCUT2D eigenvalue weighted by Crippen LogP contribution is 2.48. The third-order valence-corrected chi connectivity index (χ3v) is 5.03. The van der Waals surface area contributed by atoms with Crippen molar-refractivity contribution in [1.29, 1.82) is 0 Å². The Morgan fingerprint density at radius 1 is 1.25 bits per heavy atom. The molecule has 3 heteroatoms. The first-order chi connectivity index (χ1) is 9.72. The van der Waals surface area contributed by atoms with Crippen molar-refractivity contribution in [2.75, 3.05) is 13.6 Å². The predicted octanol–water partition coefficient (Wildman–Crippen LogP) is 3.26. The van der Waals surface area contributed by atoms with E-state index >= 15 is 0 Å². The van der Waals surface area contributed by atoms with Gasteiger partial charge >= 0.3 is 6.03 Å². The molecule has 3 unspecified atom stereocenters. The summed E-state index contributed by atoms with van der Waals surface area (Å²) in [6.45, 7) is 1.53. The lowest BCUT2D eigenvalue weighted by Crippen LogP contribution is -2.40. The van der Waals surface area contributed by atoms with Gasteiger partial charge in [0.2, 0.25) is 0 Å². The van der Waals surface area contributed by atoms with Crippen LogP contribution in [0.5, 0.6) is 0 Å². The van der Waals surface area contributed by atoms with Crippen molar-refractivity contribution < 1.29 is 4.79 Å². The molecule has 3 rings (SSSR count). The van der Waals surface area contributed by atoms with Gasteiger partial charge in [0.1, 0.15) is 0 Å². The monoisotopic (exact) mass is 272 g/mol. The van der Waals surface area contributed by atoms with Crippen LogP contribution in [0, 0.1) is 17.8 Å². The molecule has 108 valence electrons. The van der Waals surface area contributed by atoms with Gasteiger partial charge < -0.3 is 10.2 Å². The van der Waals surface area contributed by atoms with Crippen LogP contribution >= 0.6 is 0 Å². The van der Waals surface area contributed by atoms with Gasteiger partial charge in [-0.2, -0.15) is 0 Å². The lowest BCUT2D eigenvalue weighted by molar-refractivity contribution is 0.187. The molecule has 0 aromatic heterocycles. The molecule has 3 atom stereocenters. The summed E-state index contributed by atoms with van der Waals surface area (Å²) in [5.41, 5.74) is 1.15. The van der Waals surface area contributed by atoms with Crippen LogP contribution in [-0.4, -0.2) is 24.5 Å². The quantitative estimate of drug-likeness (QED) is 0.896. The van der Waals surface area contributed by atoms with Gasteiger partial charge in [0.15, 0.2) is 0 Å². The molecule has 1 N–H and O–H groups in total. The molecule has 2 saturated carbocycles. The molecule has 20 heavy (non-hydrogen) atoms. The maximum atomic E-state index is 12.1. The summed E-state index contributed by atoms with van der Waals surface area (Å²) in [6.07, 6.45) is 5.55. The molecule has 0 radical (unpaired) electrons. The molecule has 2 aliphatic rings. The molecule has 1 aromatic rings. The first-order valence-corrected chi connectivity index (χ1v) is 7.75. The smallest absolute Gasteiger partial charge is 0.317 e. The van der Waals surface area contributed by atoms with Crippen molar-refractivity contribution >= 4 is 6.03 Å². The van der Waals surface area contributed by atoms with E-state index in [9.17, 15) is 4.79 Å². The Hall–Kier alpha value is -1.51. The number of hydrogen-bond acceptors (Lipinski definition) is 1. The van der Waals surface area contributed by atoms with Crippen LogP contribution in [0.1, 0.15) is 31.2 Å². The van der Waals surface area contributed by atoms with Gasteiger partial charge in [0, 0.05) is 20.1 Å². The highest BCUT2D eigenvalue weighted by molar-refractivity contribution is 5.73. The lowest BCUT2D eigenvalue weighted by atomic mass is 9.88. The number of benzene rings is 1. The van der Waals surface area contributed by atoms with Gasteiger partial charge in [-0.05, 0) is 42.6 Å². The van der Waals surface area contributed by atoms with Crippen LogP contribution < -0.4 is 5.32 Å². The van der Waals surface area contributed by atoms with Crippen molar-refractivity contribution in [3.05, 3.63) is 35.9 Å². The largest absolute Gasteiger partial charge is 0.334 e. The average Bonchev–Trinajstić information content (AvgIpc) is 3.08. The fourth-order valence-electron chi connectivity index (χ4n) is 3.94. The standard InChI is InChI=1S/C17H24N2O/c1-19(12-16-10-14-7-8-15(16)9-14)17(20)18-11-13-5-3-2-4-6-13/h2-6,14-16H,7-12H2,1H3,(H,18,20). The van der Waals surface area contributed by atoms with Crippen molar-refractivity contribution in [2.24, 2.45) is 17.8 Å². The minimum atomic E-state index is 0.0524. The lowest BCUT2D eigenvalue weighted by Gasteiger charge is -2.27. The van der Waals surface area contributed by atoms with Crippen LogP contribution in [0.3, 0.4) is 0 Å². The molecule has 0 spiro atoms. The maximum Gasteiger partial charge on any atom is 0.317 e. The number of nitrogens with zero attached hydrogens (tertiary/aromatic N) is 1. The zero-order chi connectivity index (χ0) is 13.9. The van der Waals surface area contributed by atoms with Gasteiger partial charge in [-0.15, -0.1) is 0 Å². The van der Waals surface area contributed by atoms with Gasteiger partial charge in [0.05, 0.1) is 0 Å². The van der Waals surface area contributed by atoms with Gasteiger partial charge in [-0.3, -0.25) is 0 Å². The second-order valence-electron chi connectivity index (χ2n) is 6.46. The molecule has 2 amide bonds. The van der Waals surface area contributed by atoms with E-state index in [1.807, 2.05) is 42.3 Å². The van der Waals surface area contributed by atoms with Crippen LogP contribution in [0.25, 0.3) is 0 Å². The maximum absolute atomic E-state index is 12.1. The molecule has 2 bridgehead atoms. The van der Waals surface area contributed by atoms with Crippen molar-refractivity contribution in [2.45, 2.75) is 32.2 Å². The van der Waals surface area contributed by atoms with E-state index in [2.05, 4.69) is 5.32 Å². The highest BCUT2D eigenvalue weighted by atomic mass is 16.2. The van der Waals surface area contributed by atoms with Gasteiger partial charge in [-0.25, -0.2) is 4.79 Å². The minimum absolute atomic E-state index is 0.0524. The predicted molar refractivity (Wildman–Crippen MR) is 80.2 cm³/mol. The number of carbonyl (C=O) groups is 1. The second kappa shape index (κ2) is 5.86. The highest BCUT2D eigenvalue weighted by Gasteiger charge is 2.39. The molecule has 2 aliphatic carbocycles. The summed E-state index contributed by atoms with van der Waals surface area (Å²) in [7, 11) is 1.92. The molecular formula is C17H24N2O. The third-order valence-electron chi connectivity index (χ3n) is 5.03. The van der Waals surface area contributed by atoms with Gasteiger partial charge in [-0.1, -0.05) is 36.8 Å². The number of nitrogens with one attached hydrogen (secondary N) is 1. The normalized spacial score (nSPS) is 27.6. The van der Waals surface area contributed by atoms with E-state index in [4.69, 9.17) is 0 Å². The van der Waals surface area contributed by atoms with E-state index < -0.39 is 0 Å². The number of fused-ring (bicyclic) bond motifs is 2. The number of hydrogen-bond donors (Lipinski definition) is 1. The Kier molecular flexibility index (Phi) is 3.95. The average molecular weight is 272 g/mol. The number of urea groups is 1. The summed E-state index contributed by atoms with van der Waals surface area (Å²) in [5.74, 6) is 2.57. The van der Waals surface area contributed by atoms with Crippen molar-refractivity contribution in [1.82, 2.24) is 10.2 Å². The van der Waals surface area contributed by atoms with Crippen LogP contribution in [0.2, 0.25) is 0 Å². The molecule has 0 aliphatic heterocycles. The molecular weight excluding hydrogens is 248 g/mol. The molecule has 3 nitrogen and oxygen atoms in total. The summed E-state index contributed by atoms with van der Waals surface area (Å²) in [5, 5.41) is 3.00. The fourth-order valence-corrected chi connectivity index (χ4v) is 3.94. The third kappa shape index (κ3) is 2.97. The van der Waals surface area contributed by atoms with Crippen LogP contribution in [0.4, 0.5) is 4.79 Å². The number of rotatable bonds is 4. The van der Waals surface area contributed by atoms with E-state index in [1.165, 1.54) is 25.7 Å². The van der Waals surface area contributed by atoms with Crippen molar-refractivity contribution in [3.63, 3.8) is 0 Å². The Labute approximate surface area is 121 Å². The van der Waals surface area contributed by atoms with E-state index in [-0.39, 0.29) is 6.03 Å². The second-order valence-corrected chi connectivity index (χ2v) is 6.46. The van der Waals surface area contributed by atoms with E-state index in [1.54, 1.807) is 0 Å². The molecule has 2 fully saturated rings. The number of amides is 2. The Morgan fingerprint density at radius 3 is 2.70 bits per heavy atom. The molecule has 1 aromatic carbocycles. The Balaban J connectivity index is 1.45. The summed E-state index contributed by atoms with van der Waals surface area (Å²) in [6, 6.07) is 10.1. The minimum Gasteiger partial charge on any atom is -0.334 e. The van der Waals surface area contributed by atoms with E-state index in [0.717, 1.165) is 29.9 Å². The summed E-state index contributed by atoms with van der Waals surface area (Å²) < 4.78 is 0. The topological polar surface area (TPSA) is 32.3 Å². The summed E-state index contributed by atoms with van der Waals surface area (Å²) >= 11 is 0. The Bertz CT molecular complexity index is 459. The zero-order valence-electron chi connectivity index (χ0n) is 12.2. The van der Waals surface area contributed by atoms with Crippen LogP contribution in [0.15, 0.2) is 30.3 Å². The van der Waals surface area contributed by atoms with Gasteiger partial charge in [0.25, 0.3) is 0 Å². The SMILES string of the molecule is CN(CC1CC2CCC1C2)C(=O)NCc1ccccc1. The summed E-state index contributed by atoms with van der Waals surface area (Å²) in [4.78, 5) is 14.0. The van der Waals surface area contributed by atoms with Crippen LogP contribution in [-0.2, 0) is 6.54 Å². The Morgan fingerprint density at radius 2 is 2.05 bits per heavy atom. The molecule has 0 heterocycles. The number of carbonyl (C=O) groups excluding carboxylic acids is 1. The van der Waals surface area contributed by atoms with E-state index in [0.29, 0.717) is 6.54 Å².